The molecule has 1 aliphatic rings. The van der Waals surface area contributed by atoms with E-state index in [9.17, 15) is 13.7 Å². The number of ether oxygens (including phenoxy) is 1. The Morgan fingerprint density at radius 3 is 2.42 bits per heavy atom. The Labute approximate surface area is 255 Å². The third-order valence-electron chi connectivity index (χ3n) is 7.32. The van der Waals surface area contributed by atoms with Gasteiger partial charge < -0.3 is 9.64 Å². The van der Waals surface area contributed by atoms with Crippen LogP contribution in [-0.2, 0) is 21.4 Å². The number of aromatic nitrogens is 3. The molecule has 0 fully saturated rings. The van der Waals surface area contributed by atoms with Crippen molar-refractivity contribution in [2.45, 2.75) is 72.8 Å². The van der Waals surface area contributed by atoms with E-state index in [-0.39, 0.29) is 28.7 Å². The molecule has 3 aromatic rings. The van der Waals surface area contributed by atoms with E-state index in [1.807, 2.05) is 25.1 Å². The standard InChI is InChI=1S/C32H41N7O3S/c1-5-8-9-10-11-15-20-42-23-29-35-31-27(22-33)30(43(40,41)37-25-16-13-12-14-17-25)32(39(31)36-29)34-28-19-18-26(21-24(28)4)38(6-2)7-3/h12-14,16-19,21,37H,5-11,15,20,23H2,1-4H3. The van der Waals surface area contributed by atoms with Crippen molar-refractivity contribution >= 4 is 38.5 Å². The van der Waals surface area contributed by atoms with Crippen molar-refractivity contribution in [3.05, 3.63) is 70.6 Å². The molecule has 0 spiro atoms. The van der Waals surface area contributed by atoms with Crippen LogP contribution in [0.25, 0.3) is 5.57 Å². The molecule has 1 aromatic heterocycles. The summed E-state index contributed by atoms with van der Waals surface area (Å²) in [5.41, 5.74) is 2.73. The number of hydrogen-bond donors (Lipinski definition) is 1. The van der Waals surface area contributed by atoms with Crippen molar-refractivity contribution in [1.82, 2.24) is 14.8 Å². The van der Waals surface area contributed by atoms with E-state index in [4.69, 9.17) is 9.73 Å². The van der Waals surface area contributed by atoms with E-state index in [0.717, 1.165) is 37.2 Å². The fraction of sp³-hybridized carbons (Fsp3) is 0.438. The molecule has 4 rings (SSSR count). The maximum atomic E-state index is 13.8. The summed E-state index contributed by atoms with van der Waals surface area (Å²) in [6, 6.07) is 16.4. The first-order chi connectivity index (χ1) is 20.8. The summed E-state index contributed by atoms with van der Waals surface area (Å²) in [5, 5.41) is 14.7. The highest BCUT2D eigenvalue weighted by atomic mass is 32.2. The second-order valence-electron chi connectivity index (χ2n) is 10.4. The Morgan fingerprint density at radius 1 is 1.02 bits per heavy atom. The second kappa shape index (κ2) is 14.9. The quantitative estimate of drug-likeness (QED) is 0.183. The Bertz CT molecular complexity index is 1600. The number of anilines is 2. The van der Waals surface area contributed by atoms with Crippen LogP contribution in [0.4, 0.5) is 17.1 Å². The number of aryl methyl sites for hydroxylation is 1. The molecule has 0 saturated heterocycles. The van der Waals surface area contributed by atoms with Crippen molar-refractivity contribution in [2.24, 2.45) is 4.99 Å². The molecule has 0 saturated carbocycles. The van der Waals surface area contributed by atoms with E-state index in [0.29, 0.717) is 23.8 Å². The molecule has 10 nitrogen and oxygen atoms in total. The molecular formula is C32H41N7O3S. The zero-order valence-corrected chi connectivity index (χ0v) is 26.3. The number of aliphatic imine (C=N–C) groups is 1. The van der Waals surface area contributed by atoms with Gasteiger partial charge in [-0.15, -0.1) is 5.10 Å². The summed E-state index contributed by atoms with van der Waals surface area (Å²) in [6.45, 7) is 10.8. The van der Waals surface area contributed by atoms with E-state index < -0.39 is 10.0 Å². The average molecular weight is 604 g/mol. The third-order valence-corrected chi connectivity index (χ3v) is 8.75. The first-order valence-corrected chi connectivity index (χ1v) is 16.5. The normalized spacial score (nSPS) is 13.8. The predicted molar refractivity (Wildman–Crippen MR) is 172 cm³/mol. The molecule has 2 aromatic carbocycles. The van der Waals surface area contributed by atoms with Gasteiger partial charge in [0.25, 0.3) is 10.0 Å². The fourth-order valence-electron chi connectivity index (χ4n) is 5.01. The lowest BCUT2D eigenvalue weighted by Gasteiger charge is -2.21. The van der Waals surface area contributed by atoms with Crippen LogP contribution in [0.2, 0.25) is 0 Å². The largest absolute Gasteiger partial charge is 0.373 e. The number of nitrogens with one attached hydrogen (secondary N) is 1. The number of hydrogen-bond acceptors (Lipinski definition) is 8. The Kier molecular flexibility index (Phi) is 11.1. The van der Waals surface area contributed by atoms with Crippen molar-refractivity contribution in [3.63, 3.8) is 0 Å². The summed E-state index contributed by atoms with van der Waals surface area (Å²) in [5.74, 6) is 0.510. The number of unbranched alkanes of at least 4 members (excludes halogenated alkanes) is 5. The van der Waals surface area contributed by atoms with Gasteiger partial charge in [0.15, 0.2) is 22.4 Å². The van der Waals surface area contributed by atoms with E-state index in [2.05, 4.69) is 46.5 Å². The number of nitrogens with zero attached hydrogens (tertiary/aromatic N) is 6. The molecule has 11 heteroatoms. The molecule has 0 bridgehead atoms. The van der Waals surface area contributed by atoms with Crippen LogP contribution < -0.4 is 9.62 Å². The topological polar surface area (TPSA) is 126 Å². The summed E-state index contributed by atoms with van der Waals surface area (Å²) in [4.78, 5) is 11.3. The highest BCUT2D eigenvalue weighted by Crippen LogP contribution is 2.34. The number of fused-ring (bicyclic) bond motifs is 1. The number of benzene rings is 2. The number of allylic oxidation sites excluding steroid dienone is 2. The van der Waals surface area contributed by atoms with Gasteiger partial charge in [-0.05, 0) is 63.1 Å². The highest BCUT2D eigenvalue weighted by Gasteiger charge is 2.39. The zero-order chi connectivity index (χ0) is 30.8. The van der Waals surface area contributed by atoms with Gasteiger partial charge in [0.1, 0.15) is 18.2 Å². The summed E-state index contributed by atoms with van der Waals surface area (Å²) in [7, 11) is -4.23. The van der Waals surface area contributed by atoms with Gasteiger partial charge in [0.2, 0.25) is 0 Å². The smallest absolute Gasteiger partial charge is 0.267 e. The molecule has 228 valence electrons. The molecule has 0 amide bonds. The minimum atomic E-state index is -4.23. The van der Waals surface area contributed by atoms with Gasteiger partial charge in [0, 0.05) is 31.1 Å². The van der Waals surface area contributed by atoms with E-state index >= 15 is 0 Å². The van der Waals surface area contributed by atoms with Crippen molar-refractivity contribution in [1.29, 1.82) is 5.26 Å². The monoisotopic (exact) mass is 603 g/mol. The Balaban J connectivity index is 1.68. The number of para-hydroxylation sites is 1. The maximum absolute atomic E-state index is 13.8. The van der Waals surface area contributed by atoms with Gasteiger partial charge in [-0.25, -0.2) is 18.4 Å². The molecular weight excluding hydrogens is 562 g/mol. The number of sulfonamides is 1. The predicted octanol–water partition coefficient (Wildman–Crippen LogP) is 6.58. The summed E-state index contributed by atoms with van der Waals surface area (Å²) >= 11 is 0. The van der Waals surface area contributed by atoms with Crippen LogP contribution in [0, 0.1) is 18.3 Å². The first kappa shape index (κ1) is 31.9. The minimum absolute atomic E-state index is 0.0170. The fourth-order valence-corrected chi connectivity index (χ4v) is 6.34. The van der Waals surface area contributed by atoms with Crippen LogP contribution in [0.5, 0.6) is 0 Å². The highest BCUT2D eigenvalue weighted by molar-refractivity contribution is 7.97. The molecule has 0 radical (unpaired) electrons. The van der Waals surface area contributed by atoms with Crippen LogP contribution in [0.1, 0.15) is 76.5 Å². The lowest BCUT2D eigenvalue weighted by atomic mass is 10.1. The average Bonchev–Trinajstić information content (AvgIpc) is 3.54. The van der Waals surface area contributed by atoms with Gasteiger partial charge >= 0.3 is 0 Å². The van der Waals surface area contributed by atoms with Gasteiger partial charge in [-0.1, -0.05) is 57.2 Å². The van der Waals surface area contributed by atoms with Crippen LogP contribution in [-0.4, -0.2) is 48.7 Å². The lowest BCUT2D eigenvalue weighted by Crippen LogP contribution is -2.24. The number of rotatable bonds is 16. The van der Waals surface area contributed by atoms with Gasteiger partial charge in [-0.2, -0.15) is 9.94 Å². The zero-order valence-electron chi connectivity index (χ0n) is 25.5. The van der Waals surface area contributed by atoms with Crippen LogP contribution in [0.3, 0.4) is 0 Å². The van der Waals surface area contributed by atoms with E-state index in [1.54, 1.807) is 30.3 Å². The maximum Gasteiger partial charge on any atom is 0.267 e. The first-order valence-electron chi connectivity index (χ1n) is 15.0. The molecule has 0 atom stereocenters. The second-order valence-corrected chi connectivity index (χ2v) is 12.1. The minimum Gasteiger partial charge on any atom is -0.373 e. The SMILES string of the molecule is CCCCCCCCOCc1nc2n(n1)C(=Nc1ccc(N(CC)CC)cc1C)C(S(=O)(=O)Nc1ccccc1)=C2C#N. The van der Waals surface area contributed by atoms with Gasteiger partial charge in [0.05, 0.1) is 5.69 Å². The molecule has 43 heavy (non-hydrogen) atoms. The van der Waals surface area contributed by atoms with E-state index in [1.165, 1.54) is 30.4 Å². The van der Waals surface area contributed by atoms with Crippen LogP contribution in [0.15, 0.2) is 58.4 Å². The molecule has 0 aliphatic carbocycles. The number of nitriles is 1. The molecule has 1 N–H and O–H groups in total. The Hall–Kier alpha value is -4.01. The molecule has 0 unspecified atom stereocenters. The van der Waals surface area contributed by atoms with Crippen molar-refractivity contribution in [3.8, 4) is 6.07 Å². The molecule has 2 heterocycles. The third kappa shape index (κ3) is 7.69. The summed E-state index contributed by atoms with van der Waals surface area (Å²) < 4.78 is 37.3. The molecule has 1 aliphatic heterocycles. The van der Waals surface area contributed by atoms with Crippen LogP contribution >= 0.6 is 0 Å². The van der Waals surface area contributed by atoms with Crippen molar-refractivity contribution in [2.75, 3.05) is 29.3 Å². The Morgan fingerprint density at radius 2 is 1.74 bits per heavy atom. The van der Waals surface area contributed by atoms with Crippen molar-refractivity contribution < 1.29 is 13.2 Å². The van der Waals surface area contributed by atoms with Gasteiger partial charge in [-0.3, -0.25) is 4.72 Å². The lowest BCUT2D eigenvalue weighted by molar-refractivity contribution is 0.111. The summed E-state index contributed by atoms with van der Waals surface area (Å²) in [6.07, 6.45) is 6.94.